The second kappa shape index (κ2) is 8.16. The Morgan fingerprint density at radius 1 is 0.741 bits per heavy atom. The molecular weight excluding hydrogens is 338 g/mol. The maximum absolute atomic E-state index is 12.8. The molecule has 0 aliphatic carbocycles. The number of fused-ring (bicyclic) bond motifs is 1. The van der Waals surface area contributed by atoms with Crippen molar-refractivity contribution >= 4 is 5.91 Å². The molecule has 4 rings (SSSR count). The van der Waals surface area contributed by atoms with Crippen LogP contribution in [-0.4, -0.2) is 17.5 Å². The van der Waals surface area contributed by atoms with Crippen LogP contribution in [0.3, 0.4) is 0 Å². The van der Waals surface area contributed by atoms with Crippen molar-refractivity contribution in [1.82, 2.24) is 4.90 Å². The molecule has 0 radical (unpaired) electrons. The Kier molecular flexibility index (Phi) is 5.28. The lowest BCUT2D eigenvalue weighted by Gasteiger charge is -2.25. The number of hydrogen-bond donors (Lipinski definition) is 0. The van der Waals surface area contributed by atoms with Crippen molar-refractivity contribution in [3.05, 3.63) is 107 Å². The molecule has 1 heterocycles. The molecule has 0 aromatic heterocycles. The summed E-state index contributed by atoms with van der Waals surface area (Å²) >= 11 is 0. The predicted molar refractivity (Wildman–Crippen MR) is 103 cm³/mol. The minimum absolute atomic E-state index is 0.0586. The van der Waals surface area contributed by atoms with E-state index >= 15 is 0 Å². The van der Waals surface area contributed by atoms with Crippen molar-refractivity contribution in [3.63, 3.8) is 0 Å². The Bertz CT molecular complexity index is 896. The van der Waals surface area contributed by atoms with E-state index < -0.39 is 6.23 Å². The monoisotopic (exact) mass is 359 g/mol. The van der Waals surface area contributed by atoms with E-state index in [9.17, 15) is 4.79 Å². The molecule has 1 aliphatic rings. The van der Waals surface area contributed by atoms with Crippen molar-refractivity contribution in [2.75, 3.05) is 6.73 Å². The third kappa shape index (κ3) is 3.92. The first-order chi connectivity index (χ1) is 13.3. The molecule has 0 saturated heterocycles. The zero-order valence-corrected chi connectivity index (χ0v) is 15.0. The van der Waals surface area contributed by atoms with Crippen LogP contribution in [0.5, 0.6) is 0 Å². The molecule has 0 spiro atoms. The van der Waals surface area contributed by atoms with Crippen molar-refractivity contribution < 1.29 is 14.3 Å². The van der Waals surface area contributed by atoms with E-state index in [4.69, 9.17) is 9.47 Å². The fourth-order valence-electron chi connectivity index (χ4n) is 3.23. The van der Waals surface area contributed by atoms with Gasteiger partial charge in [0.2, 0.25) is 0 Å². The Balaban J connectivity index is 1.47. The molecule has 3 aromatic carbocycles. The van der Waals surface area contributed by atoms with Crippen molar-refractivity contribution in [2.24, 2.45) is 0 Å². The normalized spacial score (nSPS) is 15.8. The van der Waals surface area contributed by atoms with Crippen LogP contribution in [0.25, 0.3) is 0 Å². The SMILES string of the molecule is O=C1c2ccccc2C(OCc2ccccc2)N1COCc1ccccc1. The van der Waals surface area contributed by atoms with E-state index in [0.29, 0.717) is 18.8 Å². The summed E-state index contributed by atoms with van der Waals surface area (Å²) in [6, 6.07) is 27.5. The fraction of sp³-hybridized carbons (Fsp3) is 0.174. The fourth-order valence-corrected chi connectivity index (χ4v) is 3.23. The third-order valence-corrected chi connectivity index (χ3v) is 4.59. The number of carbonyl (C=O) groups excluding carboxylic acids is 1. The average molecular weight is 359 g/mol. The molecule has 27 heavy (non-hydrogen) atoms. The molecule has 0 N–H and O–H groups in total. The predicted octanol–water partition coefficient (Wildman–Crippen LogP) is 4.53. The first kappa shape index (κ1) is 17.5. The molecule has 4 nitrogen and oxygen atoms in total. The first-order valence-corrected chi connectivity index (χ1v) is 9.00. The van der Waals surface area contributed by atoms with E-state index in [1.807, 2.05) is 84.9 Å². The van der Waals surface area contributed by atoms with E-state index in [1.54, 1.807) is 4.90 Å². The maximum Gasteiger partial charge on any atom is 0.258 e. The van der Waals surface area contributed by atoms with E-state index in [-0.39, 0.29) is 12.6 Å². The second-order valence-corrected chi connectivity index (χ2v) is 6.47. The van der Waals surface area contributed by atoms with Gasteiger partial charge >= 0.3 is 0 Å². The van der Waals surface area contributed by atoms with Gasteiger partial charge in [-0.15, -0.1) is 0 Å². The van der Waals surface area contributed by atoms with Crippen LogP contribution in [-0.2, 0) is 22.7 Å². The van der Waals surface area contributed by atoms with Crippen LogP contribution in [0.1, 0.15) is 33.3 Å². The number of rotatable bonds is 7. The molecule has 1 aliphatic heterocycles. The van der Waals surface area contributed by atoms with E-state index in [2.05, 4.69) is 0 Å². The van der Waals surface area contributed by atoms with E-state index in [0.717, 1.165) is 16.7 Å². The summed E-state index contributed by atoms with van der Waals surface area (Å²) in [5, 5.41) is 0. The van der Waals surface area contributed by atoms with Crippen molar-refractivity contribution in [2.45, 2.75) is 19.4 Å². The number of nitrogens with zero attached hydrogens (tertiary/aromatic N) is 1. The minimum atomic E-state index is -0.440. The lowest BCUT2D eigenvalue weighted by Crippen LogP contribution is -2.31. The van der Waals surface area contributed by atoms with E-state index in [1.165, 1.54) is 0 Å². The van der Waals surface area contributed by atoms with Crippen LogP contribution in [0, 0.1) is 0 Å². The van der Waals surface area contributed by atoms with Gasteiger partial charge in [0, 0.05) is 11.1 Å². The van der Waals surface area contributed by atoms with Gasteiger partial charge in [-0.1, -0.05) is 78.9 Å². The highest BCUT2D eigenvalue weighted by Gasteiger charge is 2.37. The quantitative estimate of drug-likeness (QED) is 0.622. The summed E-state index contributed by atoms with van der Waals surface area (Å²) in [6.07, 6.45) is -0.440. The standard InChI is InChI=1S/C23H21NO3/c25-22-20-13-7-8-14-21(20)23(27-16-19-11-5-2-6-12-19)24(22)17-26-15-18-9-3-1-4-10-18/h1-14,23H,15-17H2. The van der Waals surface area contributed by atoms with Gasteiger partial charge in [-0.3, -0.25) is 9.69 Å². The van der Waals surface area contributed by atoms with Gasteiger partial charge in [0.05, 0.1) is 13.2 Å². The molecule has 0 saturated carbocycles. The highest BCUT2D eigenvalue weighted by atomic mass is 16.5. The van der Waals surface area contributed by atoms with Gasteiger partial charge in [0.15, 0.2) is 6.23 Å². The van der Waals surface area contributed by atoms with Crippen LogP contribution < -0.4 is 0 Å². The van der Waals surface area contributed by atoms with Crippen LogP contribution in [0.15, 0.2) is 84.9 Å². The van der Waals surface area contributed by atoms with Gasteiger partial charge < -0.3 is 9.47 Å². The number of amides is 1. The highest BCUT2D eigenvalue weighted by Crippen LogP contribution is 2.34. The molecule has 3 aromatic rings. The highest BCUT2D eigenvalue weighted by molar-refractivity contribution is 5.98. The summed E-state index contributed by atoms with van der Waals surface area (Å²) in [6.45, 7) is 1.07. The topological polar surface area (TPSA) is 38.8 Å². The first-order valence-electron chi connectivity index (χ1n) is 9.00. The Morgan fingerprint density at radius 2 is 1.33 bits per heavy atom. The Morgan fingerprint density at radius 3 is 2.04 bits per heavy atom. The second-order valence-electron chi connectivity index (χ2n) is 6.47. The van der Waals surface area contributed by atoms with Crippen LogP contribution in [0.2, 0.25) is 0 Å². The van der Waals surface area contributed by atoms with Crippen LogP contribution in [0.4, 0.5) is 0 Å². The summed E-state index contributed by atoms with van der Waals surface area (Å²) in [7, 11) is 0. The summed E-state index contributed by atoms with van der Waals surface area (Å²) in [5.74, 6) is -0.0586. The number of carbonyl (C=O) groups is 1. The third-order valence-electron chi connectivity index (χ3n) is 4.59. The zero-order valence-electron chi connectivity index (χ0n) is 15.0. The van der Waals surface area contributed by atoms with Crippen LogP contribution >= 0.6 is 0 Å². The lowest BCUT2D eigenvalue weighted by atomic mass is 10.1. The summed E-state index contributed by atoms with van der Waals surface area (Å²) in [4.78, 5) is 14.5. The molecule has 0 bridgehead atoms. The largest absolute Gasteiger partial charge is 0.356 e. The summed E-state index contributed by atoms with van der Waals surface area (Å²) in [5.41, 5.74) is 3.71. The van der Waals surface area contributed by atoms with Gasteiger partial charge in [-0.05, 0) is 17.2 Å². The maximum atomic E-state index is 12.8. The average Bonchev–Trinajstić information content (AvgIpc) is 3.00. The lowest BCUT2D eigenvalue weighted by molar-refractivity contribution is -0.0922. The van der Waals surface area contributed by atoms with Gasteiger partial charge in [0.1, 0.15) is 6.73 Å². The Labute approximate surface area is 159 Å². The van der Waals surface area contributed by atoms with Gasteiger partial charge in [-0.2, -0.15) is 0 Å². The van der Waals surface area contributed by atoms with Crippen molar-refractivity contribution in [3.8, 4) is 0 Å². The molecule has 1 amide bonds. The molecule has 0 fully saturated rings. The number of benzene rings is 3. The molecular formula is C23H21NO3. The Hall–Kier alpha value is -2.95. The van der Waals surface area contributed by atoms with Gasteiger partial charge in [-0.25, -0.2) is 0 Å². The summed E-state index contributed by atoms with van der Waals surface area (Å²) < 4.78 is 11.9. The number of ether oxygens (including phenoxy) is 2. The number of hydrogen-bond acceptors (Lipinski definition) is 3. The molecule has 4 heteroatoms. The minimum Gasteiger partial charge on any atom is -0.356 e. The smallest absolute Gasteiger partial charge is 0.258 e. The molecule has 1 atom stereocenters. The van der Waals surface area contributed by atoms with Crippen molar-refractivity contribution in [1.29, 1.82) is 0 Å². The molecule has 1 unspecified atom stereocenters. The molecule has 136 valence electrons. The zero-order chi connectivity index (χ0) is 18.5. The van der Waals surface area contributed by atoms with Gasteiger partial charge in [0.25, 0.3) is 5.91 Å².